The summed E-state index contributed by atoms with van der Waals surface area (Å²) in [5, 5.41) is 7.51. The normalized spacial score (nSPS) is 12.3. The molecule has 11 heteroatoms. The number of rotatable bonds is 7. The first kappa shape index (κ1) is 30.3. The molecule has 0 atom stereocenters. The maximum absolute atomic E-state index is 9.91. The van der Waals surface area contributed by atoms with E-state index in [9.17, 15) is 9.59 Å². The number of nitrogens with two attached hydrogens (primary N) is 1. The first-order valence-corrected chi connectivity index (χ1v) is 13.4. The zero-order chi connectivity index (χ0) is 27.4. The van der Waals surface area contributed by atoms with E-state index in [-0.39, 0.29) is 5.60 Å². The molecular formula is C26H38N6O3S2. The highest BCUT2D eigenvalue weighted by Gasteiger charge is 2.20. The third-order valence-electron chi connectivity index (χ3n) is 5.34. The van der Waals surface area contributed by atoms with Crippen LogP contribution in [0.25, 0.3) is 10.2 Å². The number of aryl methyl sites for hydroxylation is 2. The second-order valence-corrected chi connectivity index (χ2v) is 11.1. The number of likely N-dealkylation sites (N-methyl/N-ethyl adjacent to an activating group) is 2. The maximum Gasteiger partial charge on any atom is 0.293 e. The number of hydrogen-bond donors (Lipinski definition) is 4. The SMILES string of the molecule is CC(C)(C)OC=O.CNCCN(C)C=O.Nc1ccc(Nc2ncnc3sc4c(c23)CCCC4)cc1S. The molecular weight excluding hydrogens is 508 g/mol. The van der Waals surface area contributed by atoms with Gasteiger partial charge in [0.15, 0.2) is 0 Å². The van der Waals surface area contributed by atoms with Crippen molar-refractivity contribution < 1.29 is 14.3 Å². The summed E-state index contributed by atoms with van der Waals surface area (Å²) >= 11 is 6.18. The third-order valence-corrected chi connectivity index (χ3v) is 6.93. The van der Waals surface area contributed by atoms with Crippen molar-refractivity contribution in [3.8, 4) is 0 Å². The summed E-state index contributed by atoms with van der Waals surface area (Å²) in [6, 6.07) is 5.72. The van der Waals surface area contributed by atoms with Gasteiger partial charge < -0.3 is 26.0 Å². The molecule has 0 spiro atoms. The Labute approximate surface area is 228 Å². The minimum absolute atomic E-state index is 0.318. The van der Waals surface area contributed by atoms with Gasteiger partial charge in [-0.2, -0.15) is 0 Å². The number of carbonyl (C=O) groups excluding carboxylic acids is 2. The fourth-order valence-electron chi connectivity index (χ4n) is 3.43. The van der Waals surface area contributed by atoms with E-state index >= 15 is 0 Å². The van der Waals surface area contributed by atoms with Gasteiger partial charge in [-0.25, -0.2) is 9.97 Å². The van der Waals surface area contributed by atoms with E-state index in [1.54, 1.807) is 29.6 Å². The first-order chi connectivity index (χ1) is 17.6. The standard InChI is InChI=1S/C16H16N4S2.C5H12N2O.C5H10O2/c17-11-6-5-9(7-12(11)21)20-15-14-10-3-1-2-4-13(10)22-16(14)19-8-18-15;1-6-3-4-7(2)5-8;1-5(2,3)7-4-6/h5-8,21H,1-4,17H2,(H,18,19,20);5-6H,3-4H2,1-2H3;4H,1-3H3. The minimum Gasteiger partial charge on any atom is -0.462 e. The molecule has 0 aliphatic heterocycles. The number of aromatic nitrogens is 2. The topological polar surface area (TPSA) is 122 Å². The lowest BCUT2D eigenvalue weighted by Crippen LogP contribution is -2.25. The monoisotopic (exact) mass is 546 g/mol. The molecule has 1 aromatic carbocycles. The number of thiophene rings is 1. The Bertz CT molecular complexity index is 1160. The van der Waals surface area contributed by atoms with E-state index in [1.165, 1.54) is 35.1 Å². The van der Waals surface area contributed by atoms with E-state index in [4.69, 9.17) is 5.73 Å². The van der Waals surface area contributed by atoms with Crippen LogP contribution in [0.4, 0.5) is 17.2 Å². The quantitative estimate of drug-likeness (QED) is 0.195. The van der Waals surface area contributed by atoms with Gasteiger partial charge in [0.2, 0.25) is 6.41 Å². The zero-order valence-corrected chi connectivity index (χ0v) is 23.9. The number of carbonyl (C=O) groups is 2. The molecule has 202 valence electrons. The van der Waals surface area contributed by atoms with Gasteiger partial charge >= 0.3 is 0 Å². The number of thiol groups is 1. The molecule has 1 aliphatic carbocycles. The van der Waals surface area contributed by atoms with Crippen LogP contribution in [0.2, 0.25) is 0 Å². The molecule has 0 radical (unpaired) electrons. The number of nitrogens with zero attached hydrogens (tertiary/aromatic N) is 3. The number of ether oxygens (including phenoxy) is 1. The highest BCUT2D eigenvalue weighted by Crippen LogP contribution is 2.39. The summed E-state index contributed by atoms with van der Waals surface area (Å²) in [5.74, 6) is 0.877. The minimum atomic E-state index is -0.318. The van der Waals surface area contributed by atoms with Crippen LogP contribution >= 0.6 is 24.0 Å². The van der Waals surface area contributed by atoms with Crippen molar-refractivity contribution >= 4 is 64.3 Å². The number of hydrogen-bond acceptors (Lipinski definition) is 10. The average molecular weight is 547 g/mol. The van der Waals surface area contributed by atoms with Crippen LogP contribution in [0.1, 0.15) is 44.1 Å². The molecule has 2 aromatic heterocycles. The number of fused-ring (bicyclic) bond motifs is 3. The predicted molar refractivity (Wildman–Crippen MR) is 155 cm³/mol. The van der Waals surface area contributed by atoms with Gasteiger partial charge in [0, 0.05) is 41.3 Å². The van der Waals surface area contributed by atoms with Crippen LogP contribution in [0.15, 0.2) is 29.4 Å². The summed E-state index contributed by atoms with van der Waals surface area (Å²) in [4.78, 5) is 33.3. The molecule has 4 rings (SSSR count). The summed E-state index contributed by atoms with van der Waals surface area (Å²) in [6.45, 7) is 7.56. The molecule has 0 fully saturated rings. The summed E-state index contributed by atoms with van der Waals surface area (Å²) in [6.07, 6.45) is 7.26. The Morgan fingerprint density at radius 2 is 1.95 bits per heavy atom. The molecule has 2 heterocycles. The Kier molecular flexibility index (Phi) is 12.1. The van der Waals surface area contributed by atoms with Crippen LogP contribution in [0.3, 0.4) is 0 Å². The highest BCUT2D eigenvalue weighted by molar-refractivity contribution is 7.80. The molecule has 4 N–H and O–H groups in total. The van der Waals surface area contributed by atoms with Crippen molar-refractivity contribution in [2.24, 2.45) is 0 Å². The molecule has 1 aliphatic rings. The fourth-order valence-corrected chi connectivity index (χ4v) is 4.87. The summed E-state index contributed by atoms with van der Waals surface area (Å²) in [5.41, 5.74) is 8.54. The van der Waals surface area contributed by atoms with Gasteiger partial charge in [0.25, 0.3) is 6.47 Å². The lowest BCUT2D eigenvalue weighted by Gasteiger charge is -2.14. The molecule has 0 saturated carbocycles. The Morgan fingerprint density at radius 1 is 1.22 bits per heavy atom. The second kappa shape index (κ2) is 14.7. The number of nitrogens with one attached hydrogen (secondary N) is 2. The van der Waals surface area contributed by atoms with Gasteiger partial charge in [0.1, 0.15) is 22.6 Å². The number of amides is 1. The maximum atomic E-state index is 9.91. The molecule has 0 bridgehead atoms. The lowest BCUT2D eigenvalue weighted by molar-refractivity contribution is -0.138. The molecule has 0 saturated heterocycles. The Morgan fingerprint density at radius 3 is 2.54 bits per heavy atom. The fraction of sp³-hybridized carbons (Fsp3) is 0.462. The third kappa shape index (κ3) is 9.83. The van der Waals surface area contributed by atoms with Crippen LogP contribution < -0.4 is 16.4 Å². The average Bonchev–Trinajstić information content (AvgIpc) is 3.24. The van der Waals surface area contributed by atoms with Gasteiger partial charge in [-0.05, 0) is 77.3 Å². The van der Waals surface area contributed by atoms with Crippen LogP contribution in [0, 0.1) is 0 Å². The van der Waals surface area contributed by atoms with Crippen molar-refractivity contribution in [2.45, 2.75) is 57.0 Å². The van der Waals surface area contributed by atoms with Crippen molar-refractivity contribution in [1.29, 1.82) is 0 Å². The van der Waals surface area contributed by atoms with Crippen LogP contribution in [-0.2, 0) is 27.2 Å². The molecule has 37 heavy (non-hydrogen) atoms. The van der Waals surface area contributed by atoms with Gasteiger partial charge in [0.05, 0.1) is 5.39 Å². The number of anilines is 3. The summed E-state index contributed by atoms with van der Waals surface area (Å²) < 4.78 is 4.55. The smallest absolute Gasteiger partial charge is 0.293 e. The Balaban J connectivity index is 0.000000267. The van der Waals surface area contributed by atoms with Gasteiger partial charge in [-0.1, -0.05) is 0 Å². The lowest BCUT2D eigenvalue weighted by atomic mass is 9.97. The Hall–Kier alpha value is -2.89. The molecule has 9 nitrogen and oxygen atoms in total. The van der Waals surface area contributed by atoms with E-state index in [0.29, 0.717) is 12.2 Å². The van der Waals surface area contributed by atoms with Gasteiger partial charge in [-0.15, -0.1) is 24.0 Å². The number of nitrogen functional groups attached to an aromatic ring is 1. The van der Waals surface area contributed by atoms with Crippen molar-refractivity contribution in [1.82, 2.24) is 20.2 Å². The highest BCUT2D eigenvalue weighted by atomic mass is 32.1. The zero-order valence-electron chi connectivity index (χ0n) is 22.2. The van der Waals surface area contributed by atoms with E-state index in [0.717, 1.165) is 47.2 Å². The summed E-state index contributed by atoms with van der Waals surface area (Å²) in [7, 11) is 3.61. The van der Waals surface area contributed by atoms with Crippen LogP contribution in [-0.4, -0.2) is 60.5 Å². The second-order valence-electron chi connectivity index (χ2n) is 9.53. The molecule has 1 amide bonds. The number of benzene rings is 1. The first-order valence-electron chi connectivity index (χ1n) is 12.1. The van der Waals surface area contributed by atoms with Crippen molar-refractivity contribution in [3.05, 3.63) is 35.0 Å². The largest absolute Gasteiger partial charge is 0.462 e. The molecule has 3 aromatic rings. The van der Waals surface area contributed by atoms with Crippen molar-refractivity contribution in [3.63, 3.8) is 0 Å². The van der Waals surface area contributed by atoms with Gasteiger partial charge in [-0.3, -0.25) is 9.59 Å². The van der Waals surface area contributed by atoms with Crippen molar-refractivity contribution in [2.75, 3.05) is 38.2 Å². The van der Waals surface area contributed by atoms with Crippen LogP contribution in [0.5, 0.6) is 0 Å². The predicted octanol–water partition coefficient (Wildman–Crippen LogP) is 4.44. The van der Waals surface area contributed by atoms with E-state index in [1.807, 2.05) is 46.0 Å². The molecule has 0 unspecified atom stereocenters. The van der Waals surface area contributed by atoms with E-state index < -0.39 is 0 Å². The van der Waals surface area contributed by atoms with E-state index in [2.05, 4.69) is 38.0 Å².